The number of ether oxygens (including phenoxy) is 2. The average Bonchev–Trinajstić information content (AvgIpc) is 2.46. The lowest BCUT2D eigenvalue weighted by atomic mass is 10.3. The van der Waals surface area contributed by atoms with Crippen LogP contribution in [0.25, 0.3) is 0 Å². The molecule has 0 bridgehead atoms. The molecule has 1 aromatic carbocycles. The van der Waals surface area contributed by atoms with Crippen molar-refractivity contribution in [3.63, 3.8) is 0 Å². The molecule has 1 fully saturated rings. The lowest BCUT2D eigenvalue weighted by molar-refractivity contribution is 0.310. The quantitative estimate of drug-likeness (QED) is 0.892. The van der Waals surface area contributed by atoms with Crippen LogP contribution in [0.2, 0.25) is 0 Å². The molecule has 21 heavy (non-hydrogen) atoms. The fourth-order valence-electron chi connectivity index (χ4n) is 2.19. The molecule has 1 aliphatic heterocycles. The first-order chi connectivity index (χ1) is 9.47. The highest BCUT2D eigenvalue weighted by Gasteiger charge is 2.29. The molecule has 8 heteroatoms. The van der Waals surface area contributed by atoms with Gasteiger partial charge in [0.05, 0.1) is 19.1 Å². The third kappa shape index (κ3) is 4.00. The summed E-state index contributed by atoms with van der Waals surface area (Å²) >= 11 is 0. The first-order valence-electron chi connectivity index (χ1n) is 6.44. The maximum Gasteiger partial charge on any atom is 0.243 e. The topological polar surface area (TPSA) is 67.9 Å². The van der Waals surface area contributed by atoms with Crippen LogP contribution in [-0.4, -0.2) is 52.6 Å². The summed E-state index contributed by atoms with van der Waals surface area (Å²) in [6, 6.07) is 4.83. The van der Waals surface area contributed by atoms with E-state index in [1.54, 1.807) is 6.07 Å². The molecule has 1 N–H and O–H groups in total. The van der Waals surface area contributed by atoms with Crippen molar-refractivity contribution in [3.8, 4) is 11.5 Å². The maximum atomic E-state index is 12.7. The highest BCUT2D eigenvalue weighted by Crippen LogP contribution is 2.27. The Morgan fingerprint density at radius 1 is 1.19 bits per heavy atom. The molecule has 1 saturated heterocycles. The second-order valence-electron chi connectivity index (χ2n) is 4.77. The van der Waals surface area contributed by atoms with E-state index in [2.05, 4.69) is 5.32 Å². The molecule has 1 heterocycles. The maximum absolute atomic E-state index is 12.7. The Morgan fingerprint density at radius 2 is 1.76 bits per heavy atom. The molecule has 0 saturated carbocycles. The molecule has 0 aromatic heterocycles. The molecule has 1 unspecified atom stereocenters. The molecule has 1 atom stereocenters. The van der Waals surface area contributed by atoms with Gasteiger partial charge in [0.15, 0.2) is 0 Å². The number of methoxy groups -OCH3 is 2. The van der Waals surface area contributed by atoms with Crippen LogP contribution in [0, 0.1) is 0 Å². The van der Waals surface area contributed by atoms with Crippen LogP contribution in [0.1, 0.15) is 6.92 Å². The number of nitrogens with one attached hydrogen (secondary N) is 1. The van der Waals surface area contributed by atoms with Crippen molar-refractivity contribution in [2.45, 2.75) is 17.9 Å². The highest BCUT2D eigenvalue weighted by molar-refractivity contribution is 7.89. The van der Waals surface area contributed by atoms with Crippen LogP contribution in [0.4, 0.5) is 0 Å². The Hall–Kier alpha value is -1.02. The summed E-state index contributed by atoms with van der Waals surface area (Å²) in [4.78, 5) is 0.197. The summed E-state index contributed by atoms with van der Waals surface area (Å²) in [5.41, 5.74) is 0. The van der Waals surface area contributed by atoms with Crippen molar-refractivity contribution in [1.82, 2.24) is 9.62 Å². The van der Waals surface area contributed by atoms with Crippen LogP contribution in [-0.2, 0) is 10.0 Å². The smallest absolute Gasteiger partial charge is 0.243 e. The van der Waals surface area contributed by atoms with Gasteiger partial charge in [0.1, 0.15) is 11.5 Å². The van der Waals surface area contributed by atoms with Gasteiger partial charge < -0.3 is 14.8 Å². The van der Waals surface area contributed by atoms with E-state index in [1.807, 2.05) is 6.92 Å². The minimum atomic E-state index is -3.53. The predicted molar refractivity (Wildman–Crippen MR) is 83.0 cm³/mol. The number of rotatable bonds is 4. The van der Waals surface area contributed by atoms with E-state index >= 15 is 0 Å². The van der Waals surface area contributed by atoms with Crippen molar-refractivity contribution >= 4 is 22.4 Å². The first-order valence-corrected chi connectivity index (χ1v) is 7.88. The third-order valence-corrected chi connectivity index (χ3v) is 5.14. The van der Waals surface area contributed by atoms with Crippen LogP contribution in [0.3, 0.4) is 0 Å². The Balaban J connectivity index is 0.00000220. The Bertz CT molecular complexity index is 557. The van der Waals surface area contributed by atoms with Gasteiger partial charge in [0.25, 0.3) is 0 Å². The molecular weight excluding hydrogens is 316 g/mol. The van der Waals surface area contributed by atoms with Crippen LogP contribution >= 0.6 is 12.4 Å². The third-order valence-electron chi connectivity index (χ3n) is 3.29. The van der Waals surface area contributed by atoms with Gasteiger partial charge in [-0.3, -0.25) is 0 Å². The second kappa shape index (κ2) is 7.31. The summed E-state index contributed by atoms with van der Waals surface area (Å²) in [7, 11) is -0.531. The molecule has 0 aliphatic carbocycles. The van der Waals surface area contributed by atoms with Crippen molar-refractivity contribution in [1.29, 1.82) is 0 Å². The number of halogens is 1. The number of sulfonamides is 1. The second-order valence-corrected chi connectivity index (χ2v) is 6.70. The van der Waals surface area contributed by atoms with E-state index in [4.69, 9.17) is 9.47 Å². The minimum Gasteiger partial charge on any atom is -0.497 e. The molecule has 0 amide bonds. The molecule has 1 aliphatic rings. The minimum absolute atomic E-state index is 0. The van der Waals surface area contributed by atoms with E-state index < -0.39 is 10.0 Å². The molecule has 2 rings (SSSR count). The number of benzene rings is 1. The van der Waals surface area contributed by atoms with Gasteiger partial charge in [0, 0.05) is 43.9 Å². The van der Waals surface area contributed by atoms with Gasteiger partial charge in [0.2, 0.25) is 10.0 Å². The first kappa shape index (κ1) is 18.0. The summed E-state index contributed by atoms with van der Waals surface area (Å²) in [5, 5.41) is 3.23. The molecular formula is C13H21ClN2O4S. The summed E-state index contributed by atoms with van der Waals surface area (Å²) in [6.45, 7) is 3.55. The van der Waals surface area contributed by atoms with E-state index in [0.717, 1.165) is 0 Å². The Morgan fingerprint density at radius 3 is 2.24 bits per heavy atom. The van der Waals surface area contributed by atoms with Gasteiger partial charge in [-0.25, -0.2) is 8.42 Å². The normalized spacial score (nSPS) is 19.7. The van der Waals surface area contributed by atoms with Gasteiger partial charge in [-0.05, 0) is 6.92 Å². The zero-order chi connectivity index (χ0) is 14.8. The summed E-state index contributed by atoms with van der Waals surface area (Å²) in [5.74, 6) is 0.928. The molecule has 6 nitrogen and oxygen atoms in total. The van der Waals surface area contributed by atoms with Gasteiger partial charge in [-0.2, -0.15) is 4.31 Å². The van der Waals surface area contributed by atoms with E-state index in [-0.39, 0.29) is 23.3 Å². The van der Waals surface area contributed by atoms with Crippen molar-refractivity contribution < 1.29 is 17.9 Å². The predicted octanol–water partition coefficient (Wildman–Crippen LogP) is 1.11. The average molecular weight is 337 g/mol. The van der Waals surface area contributed by atoms with Crippen molar-refractivity contribution in [3.05, 3.63) is 18.2 Å². The number of hydrogen-bond acceptors (Lipinski definition) is 5. The fraction of sp³-hybridized carbons (Fsp3) is 0.538. The van der Waals surface area contributed by atoms with Crippen LogP contribution in [0.15, 0.2) is 23.1 Å². The van der Waals surface area contributed by atoms with Crippen LogP contribution in [0.5, 0.6) is 11.5 Å². The standard InChI is InChI=1S/C13H20N2O4S.ClH/c1-10-9-15(5-4-14-10)20(16,17)13-7-11(18-2)6-12(8-13)19-3;/h6-8,10,14H,4-5,9H2,1-3H3;1H. The van der Waals surface area contributed by atoms with Gasteiger partial charge in [-0.1, -0.05) is 0 Å². The van der Waals surface area contributed by atoms with E-state index in [1.165, 1.54) is 30.7 Å². The van der Waals surface area contributed by atoms with Crippen molar-refractivity contribution in [2.75, 3.05) is 33.9 Å². The number of hydrogen-bond donors (Lipinski definition) is 1. The summed E-state index contributed by atoms with van der Waals surface area (Å²) < 4.78 is 37.1. The van der Waals surface area contributed by atoms with Crippen LogP contribution < -0.4 is 14.8 Å². The van der Waals surface area contributed by atoms with Gasteiger partial charge >= 0.3 is 0 Å². The fourth-order valence-corrected chi connectivity index (χ4v) is 3.77. The van der Waals surface area contributed by atoms with E-state index in [0.29, 0.717) is 31.1 Å². The lowest BCUT2D eigenvalue weighted by Gasteiger charge is -2.31. The zero-order valence-corrected chi connectivity index (χ0v) is 14.0. The van der Waals surface area contributed by atoms with Crippen molar-refractivity contribution in [2.24, 2.45) is 0 Å². The highest BCUT2D eigenvalue weighted by atomic mass is 35.5. The monoisotopic (exact) mass is 336 g/mol. The van der Waals surface area contributed by atoms with E-state index in [9.17, 15) is 8.42 Å². The largest absolute Gasteiger partial charge is 0.497 e. The van der Waals surface area contributed by atoms with Gasteiger partial charge in [-0.15, -0.1) is 12.4 Å². The SMILES string of the molecule is COc1cc(OC)cc(S(=O)(=O)N2CCNC(C)C2)c1.Cl. The lowest BCUT2D eigenvalue weighted by Crippen LogP contribution is -2.51. The molecule has 120 valence electrons. The number of piperazine rings is 1. The number of nitrogens with zero attached hydrogens (tertiary/aromatic N) is 1. The summed E-state index contributed by atoms with van der Waals surface area (Å²) in [6.07, 6.45) is 0. The molecule has 1 aromatic rings. The Labute approximate surface area is 131 Å². The molecule has 0 spiro atoms. The Kier molecular flexibility index (Phi) is 6.27. The molecule has 0 radical (unpaired) electrons. The zero-order valence-electron chi connectivity index (χ0n) is 12.3.